The fourth-order valence-electron chi connectivity index (χ4n) is 2.83. The molecular weight excluding hydrogens is 332 g/mol. The molecule has 0 aliphatic carbocycles. The Balaban J connectivity index is 1.84. The van der Waals surface area contributed by atoms with Crippen molar-refractivity contribution < 1.29 is 9.53 Å². The van der Waals surface area contributed by atoms with Crippen molar-refractivity contribution in [2.24, 2.45) is 5.41 Å². The van der Waals surface area contributed by atoms with Crippen LogP contribution < -0.4 is 0 Å². The molecule has 0 radical (unpaired) electrons. The fourth-order valence-corrected chi connectivity index (χ4v) is 3.98. The molecule has 0 bridgehead atoms. The number of hydrogen-bond acceptors (Lipinski definition) is 4. The van der Waals surface area contributed by atoms with Crippen LogP contribution in [-0.4, -0.2) is 33.8 Å². The molecule has 5 heteroatoms. The molecule has 1 aliphatic rings. The van der Waals surface area contributed by atoms with Crippen LogP contribution in [0.4, 0.5) is 0 Å². The number of nitrogens with zero attached hydrogens (tertiary/aromatic N) is 2. The molecule has 3 rings (SSSR count). The molecule has 1 aromatic heterocycles. The average Bonchev–Trinajstić information content (AvgIpc) is 3.23. The van der Waals surface area contributed by atoms with Crippen LogP contribution in [0.15, 0.2) is 41.7 Å². The molecule has 1 unspecified atom stereocenters. The minimum atomic E-state index is -0.318. The number of Topliss-reactive ketones (excluding diaryl/α,β-unsaturated/α-hetero) is 1. The van der Waals surface area contributed by atoms with Gasteiger partial charge >= 0.3 is 0 Å². The van der Waals surface area contributed by atoms with Crippen LogP contribution in [-0.2, 0) is 16.1 Å². The van der Waals surface area contributed by atoms with Crippen molar-refractivity contribution in [1.82, 2.24) is 9.55 Å². The summed E-state index contributed by atoms with van der Waals surface area (Å²) in [5.74, 6) is 0.686. The van der Waals surface area contributed by atoms with Crippen LogP contribution in [0.5, 0.6) is 0 Å². The van der Waals surface area contributed by atoms with Crippen LogP contribution in [0.2, 0.25) is 0 Å². The van der Waals surface area contributed by atoms with Gasteiger partial charge < -0.3 is 9.30 Å². The van der Waals surface area contributed by atoms with Gasteiger partial charge in [0.1, 0.15) is 5.78 Å². The first-order chi connectivity index (χ1) is 11.9. The lowest BCUT2D eigenvalue weighted by atomic mass is 9.92. The molecule has 25 heavy (non-hydrogen) atoms. The standard InChI is InChI=1S/C20H26N2O2S/c1-20(2,3)18(23)14-25-19-21-12-17(15-8-5-4-6-9-15)22(19)13-16-10-7-11-24-16/h4-6,8-9,12,16H,7,10-11,13-14H2,1-3H3. The van der Waals surface area contributed by atoms with Gasteiger partial charge in [0.05, 0.1) is 30.3 Å². The number of imidazole rings is 1. The lowest BCUT2D eigenvalue weighted by molar-refractivity contribution is -0.123. The number of ketones is 1. The zero-order valence-corrected chi connectivity index (χ0v) is 16.0. The Bertz CT molecular complexity index is 713. The van der Waals surface area contributed by atoms with Crippen molar-refractivity contribution in [3.05, 3.63) is 36.5 Å². The summed E-state index contributed by atoms with van der Waals surface area (Å²) in [6, 6.07) is 10.3. The zero-order chi connectivity index (χ0) is 17.9. The smallest absolute Gasteiger partial charge is 0.168 e. The molecule has 0 amide bonds. The average molecular weight is 359 g/mol. The summed E-state index contributed by atoms with van der Waals surface area (Å²) < 4.78 is 8.04. The SMILES string of the molecule is CC(C)(C)C(=O)CSc1ncc(-c2ccccc2)n1CC1CCCO1. The second kappa shape index (κ2) is 7.75. The predicted molar refractivity (Wildman–Crippen MR) is 102 cm³/mol. The Labute approximate surface area is 154 Å². The van der Waals surface area contributed by atoms with Crippen molar-refractivity contribution in [2.45, 2.75) is 51.4 Å². The van der Waals surface area contributed by atoms with Crippen molar-refractivity contribution in [1.29, 1.82) is 0 Å². The van der Waals surface area contributed by atoms with Gasteiger partial charge in [-0.3, -0.25) is 4.79 Å². The van der Waals surface area contributed by atoms with Gasteiger partial charge in [-0.15, -0.1) is 0 Å². The number of carbonyl (C=O) groups is 1. The molecule has 4 nitrogen and oxygen atoms in total. The summed E-state index contributed by atoms with van der Waals surface area (Å²) in [6.07, 6.45) is 4.34. The largest absolute Gasteiger partial charge is 0.376 e. The Morgan fingerprint density at radius 3 is 2.72 bits per heavy atom. The third kappa shape index (κ3) is 4.53. The molecule has 0 spiro atoms. The molecule has 1 atom stereocenters. The molecule has 2 aromatic rings. The van der Waals surface area contributed by atoms with Gasteiger partial charge in [0, 0.05) is 12.0 Å². The highest BCUT2D eigenvalue weighted by molar-refractivity contribution is 7.99. The normalized spacial score (nSPS) is 17.8. The molecule has 1 aliphatic heterocycles. The number of carbonyl (C=O) groups excluding carboxylic acids is 1. The van der Waals surface area contributed by atoms with Gasteiger partial charge in [-0.2, -0.15) is 0 Å². The van der Waals surface area contributed by atoms with Crippen LogP contribution in [0, 0.1) is 5.41 Å². The Morgan fingerprint density at radius 1 is 1.32 bits per heavy atom. The first-order valence-corrected chi connectivity index (χ1v) is 9.82. The molecule has 0 N–H and O–H groups in total. The van der Waals surface area contributed by atoms with Crippen molar-refractivity contribution >= 4 is 17.5 Å². The number of ether oxygens (including phenoxy) is 1. The Morgan fingerprint density at radius 2 is 2.08 bits per heavy atom. The van der Waals surface area contributed by atoms with E-state index in [0.29, 0.717) is 5.75 Å². The Hall–Kier alpha value is -1.59. The number of aromatic nitrogens is 2. The number of hydrogen-bond donors (Lipinski definition) is 0. The highest BCUT2D eigenvalue weighted by Gasteiger charge is 2.24. The van der Waals surface area contributed by atoms with E-state index in [1.165, 1.54) is 11.8 Å². The monoisotopic (exact) mass is 358 g/mol. The molecule has 1 aromatic carbocycles. The lowest BCUT2D eigenvalue weighted by Gasteiger charge is -2.18. The second-order valence-corrected chi connectivity index (χ2v) is 8.44. The van der Waals surface area contributed by atoms with E-state index in [1.807, 2.05) is 45.2 Å². The maximum Gasteiger partial charge on any atom is 0.168 e. The van der Waals surface area contributed by atoms with E-state index in [-0.39, 0.29) is 17.3 Å². The van der Waals surface area contributed by atoms with E-state index in [0.717, 1.165) is 42.4 Å². The number of benzene rings is 1. The summed E-state index contributed by atoms with van der Waals surface area (Å²) in [5.41, 5.74) is 1.91. The maximum absolute atomic E-state index is 12.3. The van der Waals surface area contributed by atoms with E-state index in [2.05, 4.69) is 21.7 Å². The summed E-state index contributed by atoms with van der Waals surface area (Å²) >= 11 is 1.53. The third-order valence-corrected chi connectivity index (χ3v) is 5.46. The van der Waals surface area contributed by atoms with Gasteiger partial charge in [-0.05, 0) is 18.4 Å². The van der Waals surface area contributed by atoms with Gasteiger partial charge in [0.25, 0.3) is 0 Å². The van der Waals surface area contributed by atoms with Crippen molar-refractivity contribution in [2.75, 3.05) is 12.4 Å². The fraction of sp³-hybridized carbons (Fsp3) is 0.500. The zero-order valence-electron chi connectivity index (χ0n) is 15.2. The molecule has 1 saturated heterocycles. The quantitative estimate of drug-likeness (QED) is 0.716. The van der Waals surface area contributed by atoms with Crippen molar-refractivity contribution in [3.63, 3.8) is 0 Å². The van der Waals surface area contributed by atoms with Crippen molar-refractivity contribution in [3.8, 4) is 11.3 Å². The van der Waals surface area contributed by atoms with Crippen LogP contribution in [0.25, 0.3) is 11.3 Å². The van der Waals surface area contributed by atoms with E-state index < -0.39 is 0 Å². The maximum atomic E-state index is 12.3. The number of thioether (sulfide) groups is 1. The predicted octanol–water partition coefficient (Wildman–Crippen LogP) is 4.44. The van der Waals surface area contributed by atoms with E-state index in [1.54, 1.807) is 0 Å². The van der Waals surface area contributed by atoms with Crippen LogP contribution in [0.1, 0.15) is 33.6 Å². The highest BCUT2D eigenvalue weighted by Crippen LogP contribution is 2.29. The summed E-state index contributed by atoms with van der Waals surface area (Å²) in [6.45, 7) is 7.51. The van der Waals surface area contributed by atoms with E-state index in [9.17, 15) is 4.79 Å². The highest BCUT2D eigenvalue weighted by atomic mass is 32.2. The minimum Gasteiger partial charge on any atom is -0.376 e. The molecule has 0 saturated carbocycles. The van der Waals surface area contributed by atoms with Crippen LogP contribution in [0.3, 0.4) is 0 Å². The van der Waals surface area contributed by atoms with Gasteiger partial charge in [-0.25, -0.2) is 4.98 Å². The minimum absolute atomic E-state index is 0.231. The lowest BCUT2D eigenvalue weighted by Crippen LogP contribution is -2.22. The van der Waals surface area contributed by atoms with E-state index in [4.69, 9.17) is 4.74 Å². The topological polar surface area (TPSA) is 44.1 Å². The first-order valence-electron chi connectivity index (χ1n) is 8.84. The Kier molecular flexibility index (Phi) is 5.64. The molecule has 134 valence electrons. The van der Waals surface area contributed by atoms with Gasteiger partial charge in [0.15, 0.2) is 5.16 Å². The summed E-state index contributed by atoms with van der Waals surface area (Å²) in [7, 11) is 0. The number of rotatable bonds is 6. The molecular formula is C20H26N2O2S. The third-order valence-electron chi connectivity index (χ3n) is 4.47. The first kappa shape index (κ1) is 18.2. The second-order valence-electron chi connectivity index (χ2n) is 7.50. The van der Waals surface area contributed by atoms with Gasteiger partial charge in [-0.1, -0.05) is 62.9 Å². The molecule has 2 heterocycles. The summed E-state index contributed by atoms with van der Waals surface area (Å²) in [5, 5.41) is 0.895. The summed E-state index contributed by atoms with van der Waals surface area (Å²) in [4.78, 5) is 16.9. The van der Waals surface area contributed by atoms with Crippen LogP contribution >= 0.6 is 11.8 Å². The van der Waals surface area contributed by atoms with E-state index >= 15 is 0 Å². The van der Waals surface area contributed by atoms with Gasteiger partial charge in [0.2, 0.25) is 0 Å². The molecule has 1 fully saturated rings.